The van der Waals surface area contributed by atoms with Gasteiger partial charge in [0.2, 0.25) is 0 Å². The maximum Gasteiger partial charge on any atom is 0.0955 e. The van der Waals surface area contributed by atoms with Gasteiger partial charge in [-0.1, -0.05) is 0 Å². The van der Waals surface area contributed by atoms with E-state index in [9.17, 15) is 0 Å². The van der Waals surface area contributed by atoms with Crippen LogP contribution >= 0.6 is 15.9 Å². The van der Waals surface area contributed by atoms with Gasteiger partial charge in [-0.2, -0.15) is 0 Å². The molecule has 0 fully saturated rings. The van der Waals surface area contributed by atoms with E-state index in [1.807, 2.05) is 25.0 Å². The molecule has 0 aliphatic rings. The second-order valence-electron chi connectivity index (χ2n) is 3.65. The minimum atomic E-state index is 0.991. The molecule has 0 amide bonds. The molecule has 1 heterocycles. The number of benzene rings is 1. The normalized spacial score (nSPS) is 11.1. The van der Waals surface area contributed by atoms with Crippen molar-refractivity contribution in [1.29, 1.82) is 0 Å². The molecule has 1 aromatic carbocycles. The highest BCUT2D eigenvalue weighted by molar-refractivity contribution is 9.10. The van der Waals surface area contributed by atoms with E-state index in [2.05, 4.69) is 38.4 Å². The van der Waals surface area contributed by atoms with E-state index >= 15 is 0 Å². The van der Waals surface area contributed by atoms with Crippen LogP contribution in [0.25, 0.3) is 11.0 Å². The van der Waals surface area contributed by atoms with Crippen LogP contribution in [0, 0.1) is 0 Å². The molecule has 4 heteroatoms. The Morgan fingerprint density at radius 1 is 1.47 bits per heavy atom. The lowest BCUT2D eigenvalue weighted by molar-refractivity contribution is 0.792. The van der Waals surface area contributed by atoms with Gasteiger partial charge in [-0.3, -0.25) is 0 Å². The third-order valence-corrected chi connectivity index (χ3v) is 3.09. The highest BCUT2D eigenvalue weighted by atomic mass is 79.9. The average molecular weight is 268 g/mol. The van der Waals surface area contributed by atoms with Crippen LogP contribution in [0.3, 0.4) is 0 Å². The number of nitrogens with one attached hydrogen (secondary N) is 1. The predicted molar refractivity (Wildman–Crippen MR) is 66.0 cm³/mol. The topological polar surface area (TPSA) is 29.9 Å². The Balaban J connectivity index is 2.44. The first-order valence-corrected chi connectivity index (χ1v) is 5.75. The van der Waals surface area contributed by atoms with Crippen LogP contribution in [-0.4, -0.2) is 23.1 Å². The second-order valence-corrected chi connectivity index (χ2v) is 4.51. The molecule has 0 radical (unpaired) electrons. The summed E-state index contributed by atoms with van der Waals surface area (Å²) in [6.07, 6.45) is 2.87. The van der Waals surface area contributed by atoms with Crippen LogP contribution in [-0.2, 0) is 13.5 Å². The fraction of sp³-hybridized carbons (Fsp3) is 0.364. The standard InChI is InChI=1S/C11H14BrN3/c1-13-4-3-8-5-9(12)11-10(6-8)14-7-15(11)2/h5-7,13H,3-4H2,1-2H3. The van der Waals surface area contributed by atoms with Crippen molar-refractivity contribution in [3.8, 4) is 0 Å². The third-order valence-electron chi connectivity index (χ3n) is 2.49. The molecule has 0 atom stereocenters. The van der Waals surface area contributed by atoms with E-state index in [0.29, 0.717) is 0 Å². The van der Waals surface area contributed by atoms with Gasteiger partial charge in [0.05, 0.1) is 17.4 Å². The predicted octanol–water partition coefficient (Wildman–Crippen LogP) is 2.10. The van der Waals surface area contributed by atoms with Crippen LogP contribution in [0.5, 0.6) is 0 Å². The first kappa shape index (κ1) is 10.6. The fourth-order valence-corrected chi connectivity index (χ4v) is 2.48. The Hall–Kier alpha value is -0.870. The van der Waals surface area contributed by atoms with E-state index in [4.69, 9.17) is 0 Å². The Morgan fingerprint density at radius 2 is 2.27 bits per heavy atom. The van der Waals surface area contributed by atoms with Crippen LogP contribution < -0.4 is 5.32 Å². The van der Waals surface area contributed by atoms with Crippen molar-refractivity contribution in [2.75, 3.05) is 13.6 Å². The van der Waals surface area contributed by atoms with Gasteiger partial charge in [0.15, 0.2) is 0 Å². The number of likely N-dealkylation sites (N-methyl/N-ethyl adjacent to an activating group) is 1. The summed E-state index contributed by atoms with van der Waals surface area (Å²) in [5.74, 6) is 0. The van der Waals surface area contributed by atoms with Crippen LogP contribution in [0.4, 0.5) is 0 Å². The highest BCUT2D eigenvalue weighted by Crippen LogP contribution is 2.24. The maximum atomic E-state index is 4.36. The van der Waals surface area contributed by atoms with E-state index in [1.54, 1.807) is 0 Å². The fourth-order valence-electron chi connectivity index (χ4n) is 1.71. The van der Waals surface area contributed by atoms with E-state index in [0.717, 1.165) is 28.5 Å². The van der Waals surface area contributed by atoms with Crippen LogP contribution in [0.15, 0.2) is 22.9 Å². The van der Waals surface area contributed by atoms with Gasteiger partial charge in [-0.25, -0.2) is 4.98 Å². The minimum absolute atomic E-state index is 0.991. The molecule has 1 N–H and O–H groups in total. The molecule has 0 bridgehead atoms. The van der Waals surface area contributed by atoms with Gasteiger partial charge in [0.1, 0.15) is 0 Å². The molecule has 0 spiro atoms. The zero-order valence-electron chi connectivity index (χ0n) is 8.92. The summed E-state index contributed by atoms with van der Waals surface area (Å²) in [6.45, 7) is 0.991. The lowest BCUT2D eigenvalue weighted by Crippen LogP contribution is -2.10. The smallest absolute Gasteiger partial charge is 0.0955 e. The zero-order valence-corrected chi connectivity index (χ0v) is 10.5. The summed E-state index contributed by atoms with van der Waals surface area (Å²) >= 11 is 3.59. The molecule has 0 saturated carbocycles. The van der Waals surface area contributed by atoms with E-state index < -0.39 is 0 Å². The number of hydrogen-bond donors (Lipinski definition) is 1. The van der Waals surface area contributed by atoms with Crippen molar-refractivity contribution in [3.05, 3.63) is 28.5 Å². The van der Waals surface area contributed by atoms with Crippen molar-refractivity contribution in [2.45, 2.75) is 6.42 Å². The molecular formula is C11H14BrN3. The van der Waals surface area contributed by atoms with Crippen molar-refractivity contribution in [1.82, 2.24) is 14.9 Å². The molecular weight excluding hydrogens is 254 g/mol. The first-order valence-electron chi connectivity index (χ1n) is 4.96. The monoisotopic (exact) mass is 267 g/mol. The van der Waals surface area contributed by atoms with Crippen molar-refractivity contribution < 1.29 is 0 Å². The SMILES string of the molecule is CNCCc1cc(Br)c2c(c1)ncn2C. The molecule has 15 heavy (non-hydrogen) atoms. The van der Waals surface area contributed by atoms with E-state index in [1.165, 1.54) is 5.56 Å². The summed E-state index contributed by atoms with van der Waals surface area (Å²) in [4.78, 5) is 4.36. The molecule has 2 rings (SSSR count). The number of aromatic nitrogens is 2. The van der Waals surface area contributed by atoms with Crippen LogP contribution in [0.2, 0.25) is 0 Å². The number of aryl methyl sites for hydroxylation is 1. The number of halogens is 1. The lowest BCUT2D eigenvalue weighted by atomic mass is 10.1. The van der Waals surface area contributed by atoms with Gasteiger partial charge in [-0.05, 0) is 53.6 Å². The summed E-state index contributed by atoms with van der Waals surface area (Å²) in [6, 6.07) is 4.32. The minimum Gasteiger partial charge on any atom is -0.333 e. The van der Waals surface area contributed by atoms with Gasteiger partial charge in [0, 0.05) is 11.5 Å². The van der Waals surface area contributed by atoms with Gasteiger partial charge in [-0.15, -0.1) is 0 Å². The average Bonchev–Trinajstić information content (AvgIpc) is 2.58. The van der Waals surface area contributed by atoms with Crippen molar-refractivity contribution in [2.24, 2.45) is 7.05 Å². The van der Waals surface area contributed by atoms with Crippen LogP contribution in [0.1, 0.15) is 5.56 Å². The number of rotatable bonds is 3. The van der Waals surface area contributed by atoms with Crippen molar-refractivity contribution in [3.63, 3.8) is 0 Å². The second kappa shape index (κ2) is 4.33. The third kappa shape index (κ3) is 2.06. The number of nitrogens with zero attached hydrogens (tertiary/aromatic N) is 2. The summed E-state index contributed by atoms with van der Waals surface area (Å²) in [5, 5.41) is 3.15. The van der Waals surface area contributed by atoms with E-state index in [-0.39, 0.29) is 0 Å². The molecule has 0 aliphatic carbocycles. The quantitative estimate of drug-likeness (QED) is 0.923. The summed E-state index contributed by atoms with van der Waals surface area (Å²) in [7, 11) is 3.97. The molecule has 1 aromatic heterocycles. The van der Waals surface area contributed by atoms with Gasteiger partial charge in [0.25, 0.3) is 0 Å². The summed E-state index contributed by atoms with van der Waals surface area (Å²) in [5.41, 5.74) is 3.52. The highest BCUT2D eigenvalue weighted by Gasteiger charge is 2.06. The number of hydrogen-bond acceptors (Lipinski definition) is 2. The molecule has 80 valence electrons. The number of fused-ring (bicyclic) bond motifs is 1. The Kier molecular flexibility index (Phi) is 3.07. The largest absolute Gasteiger partial charge is 0.333 e. The summed E-state index contributed by atoms with van der Waals surface area (Å²) < 4.78 is 3.15. The van der Waals surface area contributed by atoms with Crippen molar-refractivity contribution >= 4 is 27.0 Å². The molecule has 0 unspecified atom stereocenters. The molecule has 2 aromatic rings. The van der Waals surface area contributed by atoms with Gasteiger partial charge < -0.3 is 9.88 Å². The van der Waals surface area contributed by atoms with Gasteiger partial charge >= 0.3 is 0 Å². The molecule has 0 saturated heterocycles. The molecule has 0 aliphatic heterocycles. The Bertz CT molecular complexity index is 476. The lowest BCUT2D eigenvalue weighted by Gasteiger charge is -2.04. The Morgan fingerprint density at radius 3 is 3.00 bits per heavy atom. The maximum absolute atomic E-state index is 4.36. The molecule has 3 nitrogen and oxygen atoms in total. The zero-order chi connectivity index (χ0) is 10.8. The number of imidazole rings is 1. The Labute approximate surface area is 97.6 Å². The first-order chi connectivity index (χ1) is 7.22.